The van der Waals surface area contributed by atoms with Crippen molar-refractivity contribution in [1.29, 1.82) is 0 Å². The molecular weight excluding hydrogens is 296 g/mol. The Morgan fingerprint density at radius 2 is 2.30 bits per heavy atom. The van der Waals surface area contributed by atoms with E-state index in [2.05, 4.69) is 15.1 Å². The van der Waals surface area contributed by atoms with E-state index in [1.165, 1.54) is 24.2 Å². The van der Waals surface area contributed by atoms with Gasteiger partial charge in [-0.1, -0.05) is 0 Å². The molecular formula is C12H16N4O2S2. The molecule has 2 N–H and O–H groups in total. The monoisotopic (exact) mass is 312 g/mol. The van der Waals surface area contributed by atoms with Crippen molar-refractivity contribution >= 4 is 27.2 Å². The van der Waals surface area contributed by atoms with E-state index >= 15 is 0 Å². The first-order valence-electron chi connectivity index (χ1n) is 6.36. The van der Waals surface area contributed by atoms with Gasteiger partial charge < -0.3 is 5.32 Å². The van der Waals surface area contributed by atoms with Crippen LogP contribution in [0.4, 0.5) is 5.82 Å². The summed E-state index contributed by atoms with van der Waals surface area (Å²) in [6, 6.07) is 3.95. The molecule has 0 saturated heterocycles. The number of thiophene rings is 1. The SMILES string of the molecule is Cn1ccc(NS(=O)(=O)c2csc(CNC3CC3)c2)n1. The molecule has 20 heavy (non-hydrogen) atoms. The van der Waals surface area contributed by atoms with E-state index in [1.54, 1.807) is 35.4 Å². The second kappa shape index (κ2) is 5.19. The first kappa shape index (κ1) is 13.6. The number of aryl methyl sites for hydroxylation is 1. The minimum atomic E-state index is -3.55. The van der Waals surface area contributed by atoms with Crippen LogP contribution in [0.1, 0.15) is 17.7 Å². The minimum Gasteiger partial charge on any atom is -0.309 e. The summed E-state index contributed by atoms with van der Waals surface area (Å²) in [5.41, 5.74) is 0. The Morgan fingerprint density at radius 3 is 2.95 bits per heavy atom. The van der Waals surface area contributed by atoms with E-state index in [4.69, 9.17) is 0 Å². The van der Waals surface area contributed by atoms with Gasteiger partial charge in [0.2, 0.25) is 0 Å². The zero-order valence-electron chi connectivity index (χ0n) is 11.0. The van der Waals surface area contributed by atoms with Crippen molar-refractivity contribution in [3.63, 3.8) is 0 Å². The molecule has 1 aliphatic carbocycles. The minimum absolute atomic E-state index is 0.292. The second-order valence-corrected chi connectivity index (χ2v) is 7.56. The molecule has 0 spiro atoms. The van der Waals surface area contributed by atoms with Crippen molar-refractivity contribution in [3.05, 3.63) is 28.6 Å². The molecule has 6 nitrogen and oxygen atoms in total. The fourth-order valence-electron chi connectivity index (χ4n) is 1.79. The van der Waals surface area contributed by atoms with Gasteiger partial charge in [-0.15, -0.1) is 11.3 Å². The number of aromatic nitrogens is 2. The lowest BCUT2D eigenvalue weighted by Gasteiger charge is -2.02. The lowest BCUT2D eigenvalue weighted by Crippen LogP contribution is -2.15. The van der Waals surface area contributed by atoms with Crippen LogP contribution < -0.4 is 10.0 Å². The van der Waals surface area contributed by atoms with Gasteiger partial charge in [-0.3, -0.25) is 9.40 Å². The van der Waals surface area contributed by atoms with Crippen LogP contribution in [0.15, 0.2) is 28.6 Å². The fourth-order valence-corrected chi connectivity index (χ4v) is 4.01. The van der Waals surface area contributed by atoms with Gasteiger partial charge in [0, 0.05) is 42.2 Å². The highest BCUT2D eigenvalue weighted by Crippen LogP contribution is 2.23. The highest BCUT2D eigenvalue weighted by Gasteiger charge is 2.21. The van der Waals surface area contributed by atoms with E-state index in [9.17, 15) is 8.42 Å². The number of sulfonamides is 1. The van der Waals surface area contributed by atoms with Crippen molar-refractivity contribution in [3.8, 4) is 0 Å². The third-order valence-corrected chi connectivity index (χ3v) is 5.45. The number of hydrogen-bond acceptors (Lipinski definition) is 5. The lowest BCUT2D eigenvalue weighted by molar-refractivity contribution is 0.601. The second-order valence-electron chi connectivity index (χ2n) is 4.88. The summed E-state index contributed by atoms with van der Waals surface area (Å²) in [4.78, 5) is 1.32. The Balaban J connectivity index is 1.69. The molecule has 1 saturated carbocycles. The van der Waals surface area contributed by atoms with Crippen LogP contribution in [0.3, 0.4) is 0 Å². The average Bonchev–Trinajstić information content (AvgIpc) is 2.93. The summed E-state index contributed by atoms with van der Waals surface area (Å²) in [6.45, 7) is 0.731. The van der Waals surface area contributed by atoms with E-state index in [-0.39, 0.29) is 0 Å². The topological polar surface area (TPSA) is 76.0 Å². The molecule has 2 aromatic heterocycles. The van der Waals surface area contributed by atoms with Crippen LogP contribution in [-0.4, -0.2) is 24.2 Å². The van der Waals surface area contributed by atoms with Gasteiger partial charge in [0.1, 0.15) is 0 Å². The normalized spacial score (nSPS) is 15.4. The molecule has 0 atom stereocenters. The zero-order valence-corrected chi connectivity index (χ0v) is 12.7. The Morgan fingerprint density at radius 1 is 1.50 bits per heavy atom. The van der Waals surface area contributed by atoms with Crippen LogP contribution in [0.2, 0.25) is 0 Å². The van der Waals surface area contributed by atoms with E-state index < -0.39 is 10.0 Å². The predicted molar refractivity (Wildman–Crippen MR) is 78.2 cm³/mol. The predicted octanol–water partition coefficient (Wildman–Crippen LogP) is 1.53. The zero-order chi connectivity index (χ0) is 14.2. The van der Waals surface area contributed by atoms with Gasteiger partial charge in [0.25, 0.3) is 10.0 Å². The largest absolute Gasteiger partial charge is 0.309 e. The average molecular weight is 312 g/mol. The van der Waals surface area contributed by atoms with E-state index in [0.29, 0.717) is 16.8 Å². The Labute approximate surface area is 121 Å². The molecule has 1 aliphatic rings. The number of nitrogens with one attached hydrogen (secondary N) is 2. The number of rotatable bonds is 6. The van der Waals surface area contributed by atoms with Crippen LogP contribution in [0, 0.1) is 0 Å². The van der Waals surface area contributed by atoms with Crippen molar-refractivity contribution in [2.45, 2.75) is 30.3 Å². The number of nitrogens with zero attached hydrogens (tertiary/aromatic N) is 2. The van der Waals surface area contributed by atoms with Crippen molar-refractivity contribution in [2.75, 3.05) is 4.72 Å². The van der Waals surface area contributed by atoms with Crippen molar-refractivity contribution in [1.82, 2.24) is 15.1 Å². The molecule has 0 amide bonds. The molecule has 0 aromatic carbocycles. The molecule has 0 aliphatic heterocycles. The van der Waals surface area contributed by atoms with Crippen LogP contribution >= 0.6 is 11.3 Å². The first-order chi connectivity index (χ1) is 9.53. The quantitative estimate of drug-likeness (QED) is 0.848. The van der Waals surface area contributed by atoms with Crippen LogP contribution in [0.25, 0.3) is 0 Å². The molecule has 1 fully saturated rings. The first-order valence-corrected chi connectivity index (χ1v) is 8.72. The lowest BCUT2D eigenvalue weighted by atomic mass is 10.4. The standard InChI is InChI=1S/C12H16N4O2S2/c1-16-5-4-12(14-16)15-20(17,18)11-6-10(19-8-11)7-13-9-2-3-9/h4-6,8-9,13H,2-3,7H2,1H3,(H,14,15). The van der Waals surface area contributed by atoms with Gasteiger partial charge in [-0.25, -0.2) is 8.42 Å². The summed E-state index contributed by atoms with van der Waals surface area (Å²) < 4.78 is 28.4. The highest BCUT2D eigenvalue weighted by atomic mass is 32.2. The molecule has 0 bridgehead atoms. The summed E-state index contributed by atoms with van der Waals surface area (Å²) in [5, 5.41) is 9.05. The molecule has 2 aromatic rings. The van der Waals surface area contributed by atoms with Gasteiger partial charge in [-0.2, -0.15) is 5.10 Å². The van der Waals surface area contributed by atoms with Gasteiger partial charge in [-0.05, 0) is 18.9 Å². The summed E-state index contributed by atoms with van der Waals surface area (Å²) >= 11 is 1.45. The molecule has 8 heteroatoms. The fraction of sp³-hybridized carbons (Fsp3) is 0.417. The maximum atomic E-state index is 12.2. The Kier molecular flexibility index (Phi) is 3.53. The molecule has 108 valence electrons. The van der Waals surface area contributed by atoms with E-state index in [1.807, 2.05) is 0 Å². The molecule has 0 unspecified atom stereocenters. The summed E-state index contributed by atoms with van der Waals surface area (Å²) in [5.74, 6) is 0.330. The number of anilines is 1. The van der Waals surface area contributed by atoms with Gasteiger partial charge >= 0.3 is 0 Å². The summed E-state index contributed by atoms with van der Waals surface area (Å²) in [6.07, 6.45) is 4.13. The van der Waals surface area contributed by atoms with E-state index in [0.717, 1.165) is 11.4 Å². The van der Waals surface area contributed by atoms with Crippen LogP contribution in [-0.2, 0) is 23.6 Å². The third-order valence-electron chi connectivity index (χ3n) is 3.03. The van der Waals surface area contributed by atoms with Crippen molar-refractivity contribution in [2.24, 2.45) is 7.05 Å². The molecule has 0 radical (unpaired) electrons. The number of hydrogen-bond donors (Lipinski definition) is 2. The maximum absolute atomic E-state index is 12.2. The Hall–Kier alpha value is -1.38. The summed E-state index contributed by atoms with van der Waals surface area (Å²) in [7, 11) is -1.81. The highest BCUT2D eigenvalue weighted by molar-refractivity contribution is 7.92. The smallest absolute Gasteiger partial charge is 0.263 e. The third kappa shape index (κ3) is 3.20. The maximum Gasteiger partial charge on any atom is 0.263 e. The van der Waals surface area contributed by atoms with Crippen LogP contribution in [0.5, 0.6) is 0 Å². The molecule has 3 rings (SSSR count). The molecule has 2 heterocycles. The van der Waals surface area contributed by atoms with Crippen molar-refractivity contribution < 1.29 is 8.42 Å². The van der Waals surface area contributed by atoms with Gasteiger partial charge in [0.15, 0.2) is 5.82 Å². The Bertz CT molecular complexity index is 701. The van der Waals surface area contributed by atoms with Gasteiger partial charge in [0.05, 0.1) is 4.90 Å².